The minimum absolute atomic E-state index is 0.0262. The van der Waals surface area contributed by atoms with Crippen molar-refractivity contribution < 1.29 is 4.39 Å². The fraction of sp³-hybridized carbons (Fsp3) is 0.133. The Morgan fingerprint density at radius 3 is 2.75 bits per heavy atom. The van der Waals surface area contributed by atoms with Crippen molar-refractivity contribution in [3.63, 3.8) is 0 Å². The number of halogens is 1. The fourth-order valence-corrected chi connectivity index (χ4v) is 2.20. The first-order valence-electron chi connectivity index (χ1n) is 6.38. The van der Waals surface area contributed by atoms with Gasteiger partial charge in [-0.15, -0.1) is 0 Å². The molecular weight excluding hydrogens is 255 g/mol. The highest BCUT2D eigenvalue weighted by Gasteiger charge is 2.09. The molecule has 1 aromatic heterocycles. The summed E-state index contributed by atoms with van der Waals surface area (Å²) in [5.41, 5.74) is 9.44. The van der Waals surface area contributed by atoms with E-state index in [0.717, 1.165) is 22.2 Å². The first-order valence-corrected chi connectivity index (χ1v) is 6.38. The number of aromatic amines is 1. The van der Waals surface area contributed by atoms with E-state index in [4.69, 9.17) is 5.73 Å². The van der Waals surface area contributed by atoms with Crippen molar-refractivity contribution in [2.24, 2.45) is 0 Å². The van der Waals surface area contributed by atoms with Crippen molar-refractivity contribution >= 4 is 22.3 Å². The average Bonchev–Trinajstić information content (AvgIpc) is 2.87. The lowest BCUT2D eigenvalue weighted by Crippen LogP contribution is -2.08. The van der Waals surface area contributed by atoms with E-state index in [1.165, 1.54) is 12.1 Å². The second-order valence-electron chi connectivity index (χ2n) is 4.81. The molecule has 5 heteroatoms. The molecule has 1 atom stereocenters. The molecule has 2 aromatic carbocycles. The van der Waals surface area contributed by atoms with E-state index >= 15 is 0 Å². The highest BCUT2D eigenvalue weighted by atomic mass is 19.1. The van der Waals surface area contributed by atoms with Gasteiger partial charge in [-0.2, -0.15) is 5.10 Å². The number of nitrogens with zero attached hydrogens (tertiary/aromatic N) is 1. The summed E-state index contributed by atoms with van der Waals surface area (Å²) >= 11 is 0. The summed E-state index contributed by atoms with van der Waals surface area (Å²) in [5, 5.41) is 11.2. The first kappa shape index (κ1) is 12.5. The Morgan fingerprint density at radius 1 is 1.25 bits per heavy atom. The lowest BCUT2D eigenvalue weighted by atomic mass is 10.1. The van der Waals surface area contributed by atoms with Gasteiger partial charge in [-0.3, -0.25) is 5.10 Å². The van der Waals surface area contributed by atoms with Crippen LogP contribution in [-0.4, -0.2) is 10.2 Å². The van der Waals surface area contributed by atoms with Gasteiger partial charge in [0.25, 0.3) is 0 Å². The molecule has 0 saturated carbocycles. The van der Waals surface area contributed by atoms with Crippen molar-refractivity contribution in [1.82, 2.24) is 10.2 Å². The second-order valence-corrected chi connectivity index (χ2v) is 4.81. The Bertz CT molecular complexity index is 733. The number of anilines is 2. The number of hydrogen-bond donors (Lipinski definition) is 3. The van der Waals surface area contributed by atoms with Gasteiger partial charge in [-0.25, -0.2) is 4.39 Å². The number of H-pyrrole nitrogens is 1. The van der Waals surface area contributed by atoms with Gasteiger partial charge in [0, 0.05) is 11.4 Å². The Hall–Kier alpha value is -2.56. The zero-order valence-electron chi connectivity index (χ0n) is 11.0. The molecule has 0 spiro atoms. The number of aromatic nitrogens is 2. The number of nitrogen functional groups attached to an aromatic ring is 1. The lowest BCUT2D eigenvalue weighted by molar-refractivity contribution is 0.626. The van der Waals surface area contributed by atoms with E-state index in [9.17, 15) is 4.39 Å². The van der Waals surface area contributed by atoms with Crippen LogP contribution in [0.5, 0.6) is 0 Å². The molecule has 3 rings (SSSR count). The van der Waals surface area contributed by atoms with E-state index in [1.807, 2.05) is 19.1 Å². The van der Waals surface area contributed by atoms with Crippen LogP contribution in [0, 0.1) is 5.82 Å². The molecule has 0 fully saturated rings. The van der Waals surface area contributed by atoms with Crippen molar-refractivity contribution in [3.8, 4) is 0 Å². The predicted octanol–water partition coefficient (Wildman–Crippen LogP) is 3.46. The van der Waals surface area contributed by atoms with E-state index < -0.39 is 0 Å². The minimum atomic E-state index is -0.237. The highest BCUT2D eigenvalue weighted by molar-refractivity contribution is 5.88. The van der Waals surface area contributed by atoms with Gasteiger partial charge >= 0.3 is 0 Å². The number of nitrogens with two attached hydrogens (primary N) is 1. The monoisotopic (exact) mass is 270 g/mol. The molecule has 0 saturated heterocycles. The third-order valence-corrected chi connectivity index (χ3v) is 3.35. The van der Waals surface area contributed by atoms with Crippen LogP contribution in [0.2, 0.25) is 0 Å². The number of fused-ring (bicyclic) bond motifs is 1. The summed E-state index contributed by atoms with van der Waals surface area (Å²) in [4.78, 5) is 0. The van der Waals surface area contributed by atoms with Crippen LogP contribution in [0.3, 0.4) is 0 Å². The summed E-state index contributed by atoms with van der Waals surface area (Å²) in [6.45, 7) is 2.00. The van der Waals surface area contributed by atoms with Gasteiger partial charge in [0.05, 0.1) is 23.1 Å². The van der Waals surface area contributed by atoms with Crippen LogP contribution < -0.4 is 11.1 Å². The Morgan fingerprint density at radius 2 is 2.00 bits per heavy atom. The predicted molar refractivity (Wildman–Crippen MR) is 78.9 cm³/mol. The highest BCUT2D eigenvalue weighted by Crippen LogP contribution is 2.28. The van der Waals surface area contributed by atoms with Crippen molar-refractivity contribution in [2.45, 2.75) is 13.0 Å². The Kier molecular flexibility index (Phi) is 3.02. The van der Waals surface area contributed by atoms with Gasteiger partial charge < -0.3 is 11.1 Å². The molecular formula is C15H15FN4. The van der Waals surface area contributed by atoms with Crippen LogP contribution >= 0.6 is 0 Å². The second kappa shape index (κ2) is 4.85. The zero-order valence-corrected chi connectivity index (χ0v) is 11.0. The van der Waals surface area contributed by atoms with Crippen molar-refractivity contribution in [3.05, 3.63) is 54.0 Å². The standard InChI is InChI=1S/C15H15FN4/c1-9(10-2-4-12(16)5-3-10)19-15-7-14-11(6-13(15)17)8-18-20-14/h2-9,19H,17H2,1H3,(H,18,20). The molecule has 1 heterocycles. The van der Waals surface area contributed by atoms with Crippen molar-refractivity contribution in [2.75, 3.05) is 11.1 Å². The van der Waals surface area contributed by atoms with Gasteiger partial charge in [0.15, 0.2) is 0 Å². The van der Waals surface area contributed by atoms with Crippen LogP contribution in [0.25, 0.3) is 10.9 Å². The maximum absolute atomic E-state index is 12.9. The number of nitrogens with one attached hydrogen (secondary N) is 2. The summed E-state index contributed by atoms with van der Waals surface area (Å²) in [5.74, 6) is -0.237. The summed E-state index contributed by atoms with van der Waals surface area (Å²) in [6.07, 6.45) is 1.73. The fourth-order valence-electron chi connectivity index (χ4n) is 2.20. The molecule has 4 N–H and O–H groups in total. The van der Waals surface area contributed by atoms with Crippen molar-refractivity contribution in [1.29, 1.82) is 0 Å². The molecule has 0 bridgehead atoms. The molecule has 1 unspecified atom stereocenters. The van der Waals surface area contributed by atoms with Crippen LogP contribution in [0.15, 0.2) is 42.6 Å². The van der Waals surface area contributed by atoms with E-state index in [0.29, 0.717) is 5.69 Å². The molecule has 0 radical (unpaired) electrons. The summed E-state index contributed by atoms with van der Waals surface area (Å²) in [7, 11) is 0. The SMILES string of the molecule is CC(Nc1cc2[nH]ncc2cc1N)c1ccc(F)cc1. The number of hydrogen-bond acceptors (Lipinski definition) is 3. The quantitative estimate of drug-likeness (QED) is 0.638. The summed E-state index contributed by atoms with van der Waals surface area (Å²) in [6, 6.07) is 10.3. The Labute approximate surface area is 115 Å². The maximum atomic E-state index is 12.9. The third kappa shape index (κ3) is 2.30. The molecule has 0 aliphatic rings. The van der Waals surface area contributed by atoms with Gasteiger partial charge in [-0.1, -0.05) is 12.1 Å². The van der Waals surface area contributed by atoms with E-state index in [-0.39, 0.29) is 11.9 Å². The topological polar surface area (TPSA) is 66.7 Å². The molecule has 102 valence electrons. The van der Waals surface area contributed by atoms with E-state index in [1.54, 1.807) is 18.3 Å². The number of rotatable bonds is 3. The molecule has 4 nitrogen and oxygen atoms in total. The molecule has 0 aliphatic heterocycles. The molecule has 0 aliphatic carbocycles. The van der Waals surface area contributed by atoms with Gasteiger partial charge in [0.1, 0.15) is 5.82 Å². The third-order valence-electron chi connectivity index (χ3n) is 3.35. The summed E-state index contributed by atoms with van der Waals surface area (Å²) < 4.78 is 12.9. The van der Waals surface area contributed by atoms with Crippen LogP contribution in [0.1, 0.15) is 18.5 Å². The first-order chi connectivity index (χ1) is 9.63. The maximum Gasteiger partial charge on any atom is 0.123 e. The van der Waals surface area contributed by atoms with E-state index in [2.05, 4.69) is 15.5 Å². The normalized spacial score (nSPS) is 12.5. The molecule has 0 amide bonds. The molecule has 20 heavy (non-hydrogen) atoms. The minimum Gasteiger partial charge on any atom is -0.397 e. The van der Waals surface area contributed by atoms with Crippen LogP contribution in [0.4, 0.5) is 15.8 Å². The number of benzene rings is 2. The lowest BCUT2D eigenvalue weighted by Gasteiger charge is -2.17. The van der Waals surface area contributed by atoms with Crippen LogP contribution in [-0.2, 0) is 0 Å². The smallest absolute Gasteiger partial charge is 0.123 e. The Balaban J connectivity index is 1.88. The molecule has 3 aromatic rings. The zero-order chi connectivity index (χ0) is 14.1. The largest absolute Gasteiger partial charge is 0.397 e. The van der Waals surface area contributed by atoms with Gasteiger partial charge in [-0.05, 0) is 36.8 Å². The average molecular weight is 270 g/mol. The van der Waals surface area contributed by atoms with Gasteiger partial charge in [0.2, 0.25) is 0 Å².